The van der Waals surface area contributed by atoms with Crippen LogP contribution in [0.5, 0.6) is 0 Å². The molecule has 4 heteroatoms. The summed E-state index contributed by atoms with van der Waals surface area (Å²) >= 11 is 0. The Bertz CT molecular complexity index is 386. The first kappa shape index (κ1) is 12.2. The van der Waals surface area contributed by atoms with Crippen LogP contribution in [-0.2, 0) is 6.54 Å². The summed E-state index contributed by atoms with van der Waals surface area (Å²) in [5.74, 6) is 1.81. The fourth-order valence-electron chi connectivity index (χ4n) is 2.79. The highest BCUT2D eigenvalue weighted by atomic mass is 16.5. The third-order valence-corrected chi connectivity index (χ3v) is 3.93. The summed E-state index contributed by atoms with van der Waals surface area (Å²) in [7, 11) is 0. The maximum atomic E-state index is 5.30. The maximum absolute atomic E-state index is 5.30. The molecule has 2 fully saturated rings. The molecule has 0 spiro atoms. The highest BCUT2D eigenvalue weighted by Crippen LogP contribution is 2.22. The lowest BCUT2D eigenvalue weighted by atomic mass is 9.98. The van der Waals surface area contributed by atoms with Gasteiger partial charge in [0, 0.05) is 18.7 Å². The van der Waals surface area contributed by atoms with Crippen LogP contribution in [-0.4, -0.2) is 35.7 Å². The van der Waals surface area contributed by atoms with Crippen LogP contribution in [0.2, 0.25) is 0 Å². The Morgan fingerprint density at radius 3 is 3.06 bits per heavy atom. The Kier molecular flexibility index (Phi) is 3.66. The molecule has 100 valence electrons. The Morgan fingerprint density at radius 2 is 2.33 bits per heavy atom. The van der Waals surface area contributed by atoms with E-state index in [4.69, 9.17) is 4.52 Å². The van der Waals surface area contributed by atoms with Gasteiger partial charge in [0.1, 0.15) is 0 Å². The Balaban J connectivity index is 1.46. The lowest BCUT2D eigenvalue weighted by Gasteiger charge is -2.32. The number of aromatic nitrogens is 1. The van der Waals surface area contributed by atoms with Gasteiger partial charge in [-0.2, -0.15) is 0 Å². The first-order valence-electron chi connectivity index (χ1n) is 7.17. The Labute approximate surface area is 109 Å². The van der Waals surface area contributed by atoms with E-state index in [1.54, 1.807) is 0 Å². The third kappa shape index (κ3) is 3.33. The van der Waals surface area contributed by atoms with Crippen molar-refractivity contribution in [3.05, 3.63) is 17.5 Å². The molecule has 2 heterocycles. The van der Waals surface area contributed by atoms with E-state index >= 15 is 0 Å². The van der Waals surface area contributed by atoms with E-state index in [-0.39, 0.29) is 0 Å². The van der Waals surface area contributed by atoms with Gasteiger partial charge >= 0.3 is 0 Å². The average Bonchev–Trinajstić information content (AvgIpc) is 3.11. The van der Waals surface area contributed by atoms with Crippen molar-refractivity contribution in [3.63, 3.8) is 0 Å². The van der Waals surface area contributed by atoms with Crippen LogP contribution in [0.3, 0.4) is 0 Å². The van der Waals surface area contributed by atoms with Crippen molar-refractivity contribution in [2.45, 2.75) is 45.2 Å². The van der Waals surface area contributed by atoms with Gasteiger partial charge in [0.15, 0.2) is 5.76 Å². The number of aryl methyl sites for hydroxylation is 1. The number of rotatable bonds is 5. The zero-order chi connectivity index (χ0) is 12.4. The summed E-state index contributed by atoms with van der Waals surface area (Å²) in [6, 6.07) is 2.88. The molecule has 0 amide bonds. The third-order valence-electron chi connectivity index (χ3n) is 3.93. The van der Waals surface area contributed by atoms with Gasteiger partial charge in [-0.05, 0) is 51.6 Å². The van der Waals surface area contributed by atoms with Crippen molar-refractivity contribution in [2.75, 3.05) is 19.6 Å². The van der Waals surface area contributed by atoms with E-state index in [0.29, 0.717) is 0 Å². The van der Waals surface area contributed by atoms with Crippen molar-refractivity contribution >= 4 is 0 Å². The van der Waals surface area contributed by atoms with Crippen LogP contribution in [0.15, 0.2) is 10.6 Å². The van der Waals surface area contributed by atoms with Gasteiger partial charge in [0.05, 0.1) is 12.2 Å². The van der Waals surface area contributed by atoms with Gasteiger partial charge in [0.25, 0.3) is 0 Å². The second-order valence-corrected chi connectivity index (χ2v) is 5.86. The van der Waals surface area contributed by atoms with Crippen LogP contribution in [0.4, 0.5) is 0 Å². The highest BCUT2D eigenvalue weighted by molar-refractivity contribution is 5.03. The molecule has 1 aliphatic carbocycles. The summed E-state index contributed by atoms with van der Waals surface area (Å²) in [4.78, 5) is 2.50. The Hall–Kier alpha value is -0.870. The second kappa shape index (κ2) is 5.41. The number of nitrogens with one attached hydrogen (secondary N) is 1. The normalized spacial score (nSPS) is 25.5. The molecule has 1 aromatic heterocycles. The van der Waals surface area contributed by atoms with E-state index in [1.807, 2.05) is 13.0 Å². The van der Waals surface area contributed by atoms with Crippen molar-refractivity contribution in [1.82, 2.24) is 15.4 Å². The van der Waals surface area contributed by atoms with Gasteiger partial charge in [-0.1, -0.05) is 5.16 Å². The summed E-state index contributed by atoms with van der Waals surface area (Å²) in [6.45, 7) is 6.47. The van der Waals surface area contributed by atoms with Crippen LogP contribution >= 0.6 is 0 Å². The van der Waals surface area contributed by atoms with Crippen molar-refractivity contribution in [2.24, 2.45) is 5.92 Å². The molecule has 0 radical (unpaired) electrons. The summed E-state index contributed by atoms with van der Waals surface area (Å²) < 4.78 is 5.30. The first-order chi connectivity index (χ1) is 8.79. The summed E-state index contributed by atoms with van der Waals surface area (Å²) in [6.07, 6.45) is 5.44. The van der Waals surface area contributed by atoms with Gasteiger partial charge in [-0.3, -0.25) is 4.90 Å². The molecule has 4 nitrogen and oxygen atoms in total. The average molecular weight is 249 g/mol. The molecular formula is C14H23N3O. The molecule has 1 saturated carbocycles. The predicted octanol–water partition coefficient (Wildman–Crippen LogP) is 1.95. The monoisotopic (exact) mass is 249 g/mol. The minimum atomic E-state index is 0.809. The zero-order valence-corrected chi connectivity index (χ0v) is 11.2. The lowest BCUT2D eigenvalue weighted by molar-refractivity contribution is 0.151. The van der Waals surface area contributed by atoms with Crippen molar-refractivity contribution in [3.8, 4) is 0 Å². The molecule has 3 rings (SSSR count). The van der Waals surface area contributed by atoms with Crippen LogP contribution in [0.1, 0.15) is 37.1 Å². The lowest BCUT2D eigenvalue weighted by Crippen LogP contribution is -2.39. The van der Waals surface area contributed by atoms with E-state index in [0.717, 1.165) is 30.0 Å². The van der Waals surface area contributed by atoms with Crippen LogP contribution < -0.4 is 5.32 Å². The number of hydrogen-bond acceptors (Lipinski definition) is 4. The molecule has 1 atom stereocenters. The molecule has 18 heavy (non-hydrogen) atoms. The van der Waals surface area contributed by atoms with Gasteiger partial charge in [-0.15, -0.1) is 0 Å². The first-order valence-corrected chi connectivity index (χ1v) is 7.17. The van der Waals surface area contributed by atoms with Gasteiger partial charge in [0.2, 0.25) is 0 Å². The van der Waals surface area contributed by atoms with E-state index < -0.39 is 0 Å². The second-order valence-electron chi connectivity index (χ2n) is 5.86. The zero-order valence-electron chi connectivity index (χ0n) is 11.2. The van der Waals surface area contributed by atoms with Crippen LogP contribution in [0.25, 0.3) is 0 Å². The van der Waals surface area contributed by atoms with Gasteiger partial charge in [-0.25, -0.2) is 0 Å². The number of hydrogen-bond donors (Lipinski definition) is 1. The fraction of sp³-hybridized carbons (Fsp3) is 0.786. The number of likely N-dealkylation sites (tertiary alicyclic amines) is 1. The summed E-state index contributed by atoms with van der Waals surface area (Å²) in [5, 5.41) is 7.61. The van der Waals surface area contributed by atoms with Crippen LogP contribution in [0, 0.1) is 12.8 Å². The predicted molar refractivity (Wildman–Crippen MR) is 70.3 cm³/mol. The standard InChI is InChI=1S/C14H23N3O/c1-11-7-14(18-16-11)10-17-6-2-3-12(9-17)8-15-13-4-5-13/h7,12-13,15H,2-6,8-10H2,1H3. The quantitative estimate of drug-likeness (QED) is 0.866. The molecule has 2 aliphatic rings. The molecule has 1 aliphatic heterocycles. The van der Waals surface area contributed by atoms with Crippen molar-refractivity contribution < 1.29 is 4.52 Å². The van der Waals surface area contributed by atoms with E-state index in [9.17, 15) is 0 Å². The highest BCUT2D eigenvalue weighted by Gasteiger charge is 2.25. The topological polar surface area (TPSA) is 41.3 Å². The molecule has 0 aromatic carbocycles. The summed E-state index contributed by atoms with van der Waals surface area (Å²) in [5.41, 5.74) is 0.981. The van der Waals surface area contributed by atoms with E-state index in [1.165, 1.54) is 45.3 Å². The SMILES string of the molecule is Cc1cc(CN2CCCC(CNC3CC3)C2)on1. The van der Waals surface area contributed by atoms with E-state index in [2.05, 4.69) is 15.4 Å². The number of piperidine rings is 1. The minimum Gasteiger partial charge on any atom is -0.360 e. The smallest absolute Gasteiger partial charge is 0.150 e. The minimum absolute atomic E-state index is 0.809. The molecule has 1 unspecified atom stereocenters. The van der Waals surface area contributed by atoms with Crippen molar-refractivity contribution in [1.29, 1.82) is 0 Å². The molecule has 1 aromatic rings. The van der Waals surface area contributed by atoms with Gasteiger partial charge < -0.3 is 9.84 Å². The Morgan fingerprint density at radius 1 is 1.44 bits per heavy atom. The molecule has 1 saturated heterocycles. The largest absolute Gasteiger partial charge is 0.360 e. The molecule has 0 bridgehead atoms. The number of nitrogens with zero attached hydrogens (tertiary/aromatic N) is 2. The molecule has 1 N–H and O–H groups in total. The molecular weight excluding hydrogens is 226 g/mol. The fourth-order valence-corrected chi connectivity index (χ4v) is 2.79. The maximum Gasteiger partial charge on any atom is 0.150 e.